The smallest absolute Gasteiger partial charge is 0.233 e. The second-order valence-electron chi connectivity index (χ2n) is 5.27. The average molecular weight is 263 g/mol. The number of amides is 1. The normalized spacial score (nSPS) is 16.7. The van der Waals surface area contributed by atoms with Crippen LogP contribution in [0.2, 0.25) is 0 Å². The Hall–Kier alpha value is -0.960. The lowest BCUT2D eigenvalue weighted by Crippen LogP contribution is -2.32. The Bertz CT molecular complexity index is 409. The third-order valence-corrected chi connectivity index (χ3v) is 4.26. The van der Waals surface area contributed by atoms with Gasteiger partial charge in [0.25, 0.3) is 0 Å². The third-order valence-electron chi connectivity index (χ3n) is 3.15. The highest BCUT2D eigenvalue weighted by Crippen LogP contribution is 2.26. The van der Waals surface area contributed by atoms with Crippen LogP contribution in [0, 0.1) is 0 Å². The third kappa shape index (κ3) is 3.77. The molecule has 1 aromatic carbocycles. The van der Waals surface area contributed by atoms with Gasteiger partial charge in [-0.15, -0.1) is 11.8 Å². The molecule has 0 heterocycles. The highest BCUT2D eigenvalue weighted by Gasteiger charge is 2.25. The van der Waals surface area contributed by atoms with Crippen LogP contribution in [0.1, 0.15) is 45.1 Å². The van der Waals surface area contributed by atoms with Gasteiger partial charge in [0.15, 0.2) is 0 Å². The summed E-state index contributed by atoms with van der Waals surface area (Å²) in [5.41, 5.74) is 1.34. The van der Waals surface area contributed by atoms with E-state index in [2.05, 4.69) is 43.4 Å². The summed E-state index contributed by atoms with van der Waals surface area (Å²) in [6.45, 7) is 6.35. The van der Waals surface area contributed by atoms with Crippen molar-refractivity contribution in [2.24, 2.45) is 0 Å². The molecule has 1 atom stereocenters. The molecule has 1 aliphatic rings. The number of rotatable bonds is 5. The number of carbonyl (C=O) groups excluding carboxylic acids is 1. The summed E-state index contributed by atoms with van der Waals surface area (Å²) in [5.74, 6) is 0.718. The Balaban J connectivity index is 1.89. The van der Waals surface area contributed by atoms with Crippen molar-refractivity contribution in [3.8, 4) is 0 Å². The van der Waals surface area contributed by atoms with Gasteiger partial charge in [-0.25, -0.2) is 0 Å². The van der Waals surface area contributed by atoms with Crippen LogP contribution in [0.3, 0.4) is 0 Å². The van der Waals surface area contributed by atoms with Gasteiger partial charge in [-0.05, 0) is 43.4 Å². The van der Waals surface area contributed by atoms with E-state index in [0.717, 1.165) is 17.7 Å². The van der Waals surface area contributed by atoms with E-state index >= 15 is 0 Å². The van der Waals surface area contributed by atoms with Gasteiger partial charge in [-0.1, -0.05) is 26.0 Å². The van der Waals surface area contributed by atoms with Crippen LogP contribution in [0.5, 0.6) is 0 Å². The first kappa shape index (κ1) is 13.5. The molecule has 1 saturated carbocycles. The molecule has 1 amide bonds. The van der Waals surface area contributed by atoms with Crippen molar-refractivity contribution < 1.29 is 4.79 Å². The molecular weight excluding hydrogens is 242 g/mol. The molecule has 98 valence electrons. The second-order valence-corrected chi connectivity index (χ2v) is 6.68. The Kier molecular flexibility index (Phi) is 4.33. The van der Waals surface area contributed by atoms with Crippen LogP contribution in [0.15, 0.2) is 29.2 Å². The molecule has 1 aromatic rings. The van der Waals surface area contributed by atoms with E-state index in [-0.39, 0.29) is 11.2 Å². The maximum absolute atomic E-state index is 11.8. The Morgan fingerprint density at radius 1 is 1.22 bits per heavy atom. The van der Waals surface area contributed by atoms with Gasteiger partial charge in [-0.3, -0.25) is 4.79 Å². The molecule has 2 rings (SSSR count). The van der Waals surface area contributed by atoms with Crippen LogP contribution in [0.25, 0.3) is 0 Å². The minimum atomic E-state index is -0.0181. The first-order valence-corrected chi connectivity index (χ1v) is 7.51. The van der Waals surface area contributed by atoms with Gasteiger partial charge in [0.2, 0.25) is 5.91 Å². The molecule has 0 aromatic heterocycles. The second kappa shape index (κ2) is 5.79. The summed E-state index contributed by atoms with van der Waals surface area (Å²) in [7, 11) is 0. The van der Waals surface area contributed by atoms with E-state index in [4.69, 9.17) is 0 Å². The van der Waals surface area contributed by atoms with Crippen molar-refractivity contribution in [3.63, 3.8) is 0 Å². The quantitative estimate of drug-likeness (QED) is 0.823. The number of nitrogens with one attached hydrogen (secondary N) is 1. The van der Waals surface area contributed by atoms with Crippen LogP contribution < -0.4 is 5.32 Å². The maximum Gasteiger partial charge on any atom is 0.233 e. The topological polar surface area (TPSA) is 29.1 Å². The highest BCUT2D eigenvalue weighted by molar-refractivity contribution is 8.00. The molecule has 3 heteroatoms. The van der Waals surface area contributed by atoms with Gasteiger partial charge in [0, 0.05) is 10.9 Å². The van der Waals surface area contributed by atoms with Gasteiger partial charge < -0.3 is 5.32 Å². The molecule has 0 radical (unpaired) electrons. The van der Waals surface area contributed by atoms with Gasteiger partial charge in [-0.2, -0.15) is 0 Å². The predicted octanol–water partition coefficient (Wildman–Crippen LogP) is 3.57. The Labute approximate surface area is 114 Å². The molecule has 0 saturated heterocycles. The lowest BCUT2D eigenvalue weighted by molar-refractivity contribution is -0.120. The number of benzene rings is 1. The fourth-order valence-electron chi connectivity index (χ4n) is 1.74. The number of carbonyl (C=O) groups is 1. The van der Waals surface area contributed by atoms with Crippen LogP contribution in [-0.4, -0.2) is 17.2 Å². The lowest BCUT2D eigenvalue weighted by atomic mass is 10.0. The van der Waals surface area contributed by atoms with E-state index < -0.39 is 0 Å². The Morgan fingerprint density at radius 2 is 1.83 bits per heavy atom. The molecule has 1 fully saturated rings. The molecule has 1 unspecified atom stereocenters. The van der Waals surface area contributed by atoms with Crippen molar-refractivity contribution in [2.45, 2.75) is 55.7 Å². The molecular formula is C15H21NOS. The van der Waals surface area contributed by atoms with Crippen LogP contribution in [-0.2, 0) is 4.79 Å². The highest BCUT2D eigenvalue weighted by atomic mass is 32.2. The van der Waals surface area contributed by atoms with Gasteiger partial charge >= 0.3 is 0 Å². The summed E-state index contributed by atoms with van der Waals surface area (Å²) in [6, 6.07) is 8.97. The zero-order chi connectivity index (χ0) is 13.1. The minimum absolute atomic E-state index is 0.0181. The van der Waals surface area contributed by atoms with Gasteiger partial charge in [0.05, 0.1) is 5.25 Å². The van der Waals surface area contributed by atoms with Crippen molar-refractivity contribution in [1.82, 2.24) is 5.32 Å². The maximum atomic E-state index is 11.8. The summed E-state index contributed by atoms with van der Waals surface area (Å²) in [5, 5.41) is 3.03. The summed E-state index contributed by atoms with van der Waals surface area (Å²) >= 11 is 1.63. The number of hydrogen-bond acceptors (Lipinski definition) is 2. The van der Waals surface area contributed by atoms with E-state index in [9.17, 15) is 4.79 Å². The van der Waals surface area contributed by atoms with E-state index in [1.54, 1.807) is 11.8 Å². The molecule has 0 spiro atoms. The fraction of sp³-hybridized carbons (Fsp3) is 0.533. The van der Waals surface area contributed by atoms with Gasteiger partial charge in [0.1, 0.15) is 0 Å². The summed E-state index contributed by atoms with van der Waals surface area (Å²) < 4.78 is 0. The van der Waals surface area contributed by atoms with Crippen LogP contribution in [0.4, 0.5) is 0 Å². The van der Waals surface area contributed by atoms with Crippen LogP contribution >= 0.6 is 11.8 Å². The molecule has 2 nitrogen and oxygen atoms in total. The minimum Gasteiger partial charge on any atom is -0.352 e. The monoisotopic (exact) mass is 263 g/mol. The lowest BCUT2D eigenvalue weighted by Gasteiger charge is -2.12. The molecule has 0 aliphatic heterocycles. The zero-order valence-corrected chi connectivity index (χ0v) is 12.1. The van der Waals surface area contributed by atoms with E-state index in [0.29, 0.717) is 12.0 Å². The summed E-state index contributed by atoms with van der Waals surface area (Å²) in [6.07, 6.45) is 2.29. The van der Waals surface area contributed by atoms with Crippen molar-refractivity contribution in [2.75, 3.05) is 0 Å². The SMILES string of the molecule is CC(Sc1ccc(C(C)C)cc1)C(=O)NC1CC1. The molecule has 1 aliphatic carbocycles. The summed E-state index contributed by atoms with van der Waals surface area (Å²) in [4.78, 5) is 13.0. The van der Waals surface area contributed by atoms with Crippen molar-refractivity contribution >= 4 is 17.7 Å². The van der Waals surface area contributed by atoms with E-state index in [1.807, 2.05) is 6.92 Å². The first-order valence-electron chi connectivity index (χ1n) is 6.63. The number of hydrogen-bond donors (Lipinski definition) is 1. The van der Waals surface area contributed by atoms with E-state index in [1.165, 1.54) is 5.56 Å². The molecule has 18 heavy (non-hydrogen) atoms. The standard InChI is InChI=1S/C15H21NOS/c1-10(2)12-4-8-14(9-5-12)18-11(3)15(17)16-13-6-7-13/h4-5,8-11,13H,6-7H2,1-3H3,(H,16,17). The Morgan fingerprint density at radius 3 is 2.33 bits per heavy atom. The fourth-order valence-corrected chi connectivity index (χ4v) is 2.61. The zero-order valence-electron chi connectivity index (χ0n) is 11.3. The number of thioether (sulfide) groups is 1. The average Bonchev–Trinajstić information content (AvgIpc) is 3.13. The largest absolute Gasteiger partial charge is 0.352 e. The first-order chi connectivity index (χ1) is 8.56. The molecule has 0 bridgehead atoms. The van der Waals surface area contributed by atoms with Crippen molar-refractivity contribution in [1.29, 1.82) is 0 Å². The predicted molar refractivity (Wildman–Crippen MR) is 77.0 cm³/mol. The molecule has 1 N–H and O–H groups in total. The van der Waals surface area contributed by atoms with Crippen molar-refractivity contribution in [3.05, 3.63) is 29.8 Å².